The number of carbonyl (C=O) groups is 1. The molecule has 0 saturated carbocycles. The van der Waals surface area contributed by atoms with Crippen LogP contribution >= 0.6 is 0 Å². The van der Waals surface area contributed by atoms with Crippen LogP contribution in [0.2, 0.25) is 0 Å². The highest BCUT2D eigenvalue weighted by Crippen LogP contribution is 2.26. The summed E-state index contributed by atoms with van der Waals surface area (Å²) in [6.07, 6.45) is 0.372. The van der Waals surface area contributed by atoms with Crippen LogP contribution in [0.25, 0.3) is 0 Å². The zero-order valence-corrected chi connectivity index (χ0v) is 12.8. The monoisotopic (exact) mass is 300 g/mol. The highest BCUT2D eigenvalue weighted by Gasteiger charge is 2.33. The van der Waals surface area contributed by atoms with E-state index in [9.17, 15) is 9.90 Å². The van der Waals surface area contributed by atoms with Crippen LogP contribution in [-0.2, 0) is 11.4 Å². The molecule has 0 spiro atoms. The lowest BCUT2D eigenvalue weighted by Crippen LogP contribution is -2.40. The van der Waals surface area contributed by atoms with E-state index in [1.54, 1.807) is 32.0 Å². The number of hydrogen-bond donors (Lipinski definition) is 1. The first-order valence-electron chi connectivity index (χ1n) is 7.23. The number of aliphatic carboxylic acids is 1. The molecule has 2 aromatic rings. The van der Waals surface area contributed by atoms with Crippen LogP contribution in [0, 0.1) is 0 Å². The fourth-order valence-corrected chi connectivity index (χ4v) is 1.90. The van der Waals surface area contributed by atoms with Gasteiger partial charge in [0, 0.05) is 6.07 Å². The first kappa shape index (κ1) is 15.9. The van der Waals surface area contributed by atoms with Gasteiger partial charge in [0.15, 0.2) is 0 Å². The lowest BCUT2D eigenvalue weighted by molar-refractivity contribution is -0.154. The van der Waals surface area contributed by atoms with Gasteiger partial charge in [-0.05, 0) is 31.0 Å². The van der Waals surface area contributed by atoms with E-state index in [4.69, 9.17) is 9.47 Å². The normalized spacial score (nSPS) is 13.2. The van der Waals surface area contributed by atoms with Gasteiger partial charge in [-0.15, -0.1) is 0 Å². The summed E-state index contributed by atoms with van der Waals surface area (Å²) in [4.78, 5) is 11.3. The third-order valence-corrected chi connectivity index (χ3v) is 3.52. The van der Waals surface area contributed by atoms with Gasteiger partial charge < -0.3 is 14.6 Å². The smallest absolute Gasteiger partial charge is 0.347 e. The molecule has 0 saturated heterocycles. The summed E-state index contributed by atoms with van der Waals surface area (Å²) >= 11 is 0. The van der Waals surface area contributed by atoms with Crippen molar-refractivity contribution < 1.29 is 19.4 Å². The lowest BCUT2D eigenvalue weighted by Gasteiger charge is -2.25. The van der Waals surface area contributed by atoms with Crippen LogP contribution in [0.3, 0.4) is 0 Å². The lowest BCUT2D eigenvalue weighted by atomic mass is 10.0. The van der Waals surface area contributed by atoms with Crippen LogP contribution in [0.1, 0.15) is 25.8 Å². The van der Waals surface area contributed by atoms with E-state index in [1.165, 1.54) is 0 Å². The van der Waals surface area contributed by atoms with Gasteiger partial charge in [-0.2, -0.15) is 0 Å². The average molecular weight is 300 g/mol. The number of rotatable bonds is 7. The molecule has 22 heavy (non-hydrogen) atoms. The summed E-state index contributed by atoms with van der Waals surface area (Å²) in [7, 11) is 0. The SMILES string of the molecule is CCC(C)(Oc1cccc(OCc2ccccc2)c1)C(=O)O. The summed E-state index contributed by atoms with van der Waals surface area (Å²) in [5, 5.41) is 9.26. The van der Waals surface area contributed by atoms with E-state index in [1.807, 2.05) is 36.4 Å². The predicted molar refractivity (Wildman–Crippen MR) is 84.2 cm³/mol. The molecular formula is C18H20O4. The van der Waals surface area contributed by atoms with Crippen LogP contribution in [0.15, 0.2) is 54.6 Å². The van der Waals surface area contributed by atoms with Gasteiger partial charge in [-0.25, -0.2) is 4.79 Å². The zero-order valence-electron chi connectivity index (χ0n) is 12.8. The maximum absolute atomic E-state index is 11.3. The van der Waals surface area contributed by atoms with E-state index in [0.29, 0.717) is 24.5 Å². The third-order valence-electron chi connectivity index (χ3n) is 3.52. The van der Waals surface area contributed by atoms with E-state index in [0.717, 1.165) is 5.56 Å². The Kier molecular flexibility index (Phi) is 5.04. The molecule has 2 aromatic carbocycles. The molecule has 0 heterocycles. The van der Waals surface area contributed by atoms with Gasteiger partial charge in [-0.1, -0.05) is 43.3 Å². The summed E-state index contributed by atoms with van der Waals surface area (Å²) in [6, 6.07) is 16.9. The molecule has 0 radical (unpaired) electrons. The maximum atomic E-state index is 11.3. The first-order chi connectivity index (χ1) is 10.5. The van der Waals surface area contributed by atoms with Gasteiger partial charge in [0.1, 0.15) is 18.1 Å². The van der Waals surface area contributed by atoms with Crippen molar-refractivity contribution in [2.75, 3.05) is 0 Å². The van der Waals surface area contributed by atoms with Crippen molar-refractivity contribution in [2.24, 2.45) is 0 Å². The molecule has 4 nitrogen and oxygen atoms in total. The minimum absolute atomic E-state index is 0.372. The van der Waals surface area contributed by atoms with Gasteiger partial charge in [-0.3, -0.25) is 0 Å². The highest BCUT2D eigenvalue weighted by atomic mass is 16.5. The maximum Gasteiger partial charge on any atom is 0.347 e. The minimum Gasteiger partial charge on any atom is -0.489 e. The molecule has 1 unspecified atom stereocenters. The summed E-state index contributed by atoms with van der Waals surface area (Å²) in [6.45, 7) is 3.80. The number of ether oxygens (including phenoxy) is 2. The third kappa shape index (κ3) is 4.01. The van der Waals surface area contributed by atoms with Crippen LogP contribution in [0.4, 0.5) is 0 Å². The molecule has 116 valence electrons. The summed E-state index contributed by atoms with van der Waals surface area (Å²) in [5.41, 5.74) is -0.171. The van der Waals surface area contributed by atoms with Gasteiger partial charge in [0.05, 0.1) is 0 Å². The quantitative estimate of drug-likeness (QED) is 0.842. The number of hydrogen-bond acceptors (Lipinski definition) is 3. The van der Waals surface area contributed by atoms with E-state index < -0.39 is 11.6 Å². The molecule has 4 heteroatoms. The highest BCUT2D eigenvalue weighted by molar-refractivity contribution is 5.77. The molecule has 1 N–H and O–H groups in total. The van der Waals surface area contributed by atoms with Crippen LogP contribution < -0.4 is 9.47 Å². The molecule has 0 amide bonds. The van der Waals surface area contributed by atoms with E-state index in [-0.39, 0.29) is 0 Å². The van der Waals surface area contributed by atoms with E-state index in [2.05, 4.69) is 0 Å². The molecule has 0 aliphatic rings. The second-order valence-corrected chi connectivity index (χ2v) is 5.24. The van der Waals surface area contributed by atoms with Crippen LogP contribution in [0.5, 0.6) is 11.5 Å². The van der Waals surface area contributed by atoms with Crippen molar-refractivity contribution in [1.82, 2.24) is 0 Å². The fraction of sp³-hybridized carbons (Fsp3) is 0.278. The largest absolute Gasteiger partial charge is 0.489 e. The molecule has 0 bridgehead atoms. The van der Waals surface area contributed by atoms with Gasteiger partial charge in [0.25, 0.3) is 0 Å². The number of benzene rings is 2. The second kappa shape index (κ2) is 6.98. The van der Waals surface area contributed by atoms with Crippen LogP contribution in [-0.4, -0.2) is 16.7 Å². The molecule has 0 aromatic heterocycles. The van der Waals surface area contributed by atoms with Gasteiger partial charge >= 0.3 is 5.97 Å². The Balaban J connectivity index is 2.05. The number of carboxylic acids is 1. The molecule has 1 atom stereocenters. The fourth-order valence-electron chi connectivity index (χ4n) is 1.90. The Morgan fingerprint density at radius 1 is 1.09 bits per heavy atom. The first-order valence-corrected chi connectivity index (χ1v) is 7.23. The Hall–Kier alpha value is -2.49. The topological polar surface area (TPSA) is 55.8 Å². The molecule has 0 aliphatic carbocycles. The summed E-state index contributed by atoms with van der Waals surface area (Å²) < 4.78 is 11.3. The molecular weight excluding hydrogens is 280 g/mol. The minimum atomic E-state index is -1.24. The number of carboxylic acid groups (broad SMARTS) is 1. The van der Waals surface area contributed by atoms with Crippen molar-refractivity contribution >= 4 is 5.97 Å². The Morgan fingerprint density at radius 2 is 1.77 bits per heavy atom. The Labute approximate surface area is 130 Å². The Morgan fingerprint density at radius 3 is 2.41 bits per heavy atom. The molecule has 2 rings (SSSR count). The van der Waals surface area contributed by atoms with Gasteiger partial charge in [0.2, 0.25) is 5.60 Å². The van der Waals surface area contributed by atoms with Crippen molar-refractivity contribution in [3.05, 3.63) is 60.2 Å². The molecule has 0 fully saturated rings. The Bertz CT molecular complexity index is 624. The molecule has 0 aliphatic heterocycles. The van der Waals surface area contributed by atoms with Crippen molar-refractivity contribution in [1.29, 1.82) is 0 Å². The van der Waals surface area contributed by atoms with E-state index >= 15 is 0 Å². The van der Waals surface area contributed by atoms with Crippen molar-refractivity contribution in [2.45, 2.75) is 32.5 Å². The summed E-state index contributed by atoms with van der Waals surface area (Å²) in [5.74, 6) is 0.146. The standard InChI is InChI=1S/C18H20O4/c1-3-18(2,17(19)20)22-16-11-7-10-15(12-16)21-13-14-8-5-4-6-9-14/h4-12H,3,13H2,1-2H3,(H,19,20). The van der Waals surface area contributed by atoms with Crippen molar-refractivity contribution in [3.8, 4) is 11.5 Å². The van der Waals surface area contributed by atoms with Crippen molar-refractivity contribution in [3.63, 3.8) is 0 Å². The zero-order chi connectivity index (χ0) is 16.0. The predicted octanol–water partition coefficient (Wildman–Crippen LogP) is 3.90. The second-order valence-electron chi connectivity index (χ2n) is 5.24. The average Bonchev–Trinajstić information content (AvgIpc) is 2.54.